The zero-order valence-corrected chi connectivity index (χ0v) is 23.1. The van der Waals surface area contributed by atoms with Crippen LogP contribution in [0.5, 0.6) is 0 Å². The van der Waals surface area contributed by atoms with Crippen molar-refractivity contribution in [3.63, 3.8) is 0 Å². The first kappa shape index (κ1) is 31.9. The number of carboxylic acid groups (broad SMARTS) is 2. The summed E-state index contributed by atoms with van der Waals surface area (Å²) < 4.78 is 0. The monoisotopic (exact) mass is 586 g/mol. The van der Waals surface area contributed by atoms with Gasteiger partial charge in [-0.2, -0.15) is 0 Å². The molecule has 1 saturated heterocycles. The van der Waals surface area contributed by atoms with E-state index in [1.807, 2.05) is 24.3 Å². The normalized spacial score (nSPS) is 16.8. The Balaban J connectivity index is 1.85. The Morgan fingerprint density at radius 2 is 1.76 bits per heavy atom. The third-order valence-electron chi connectivity index (χ3n) is 7.12. The zero-order valence-electron chi connectivity index (χ0n) is 23.1. The summed E-state index contributed by atoms with van der Waals surface area (Å²) in [6, 6.07) is 2.93. The van der Waals surface area contributed by atoms with Gasteiger partial charge in [0.2, 0.25) is 17.7 Å². The molecule has 1 aromatic heterocycles. The molecule has 42 heavy (non-hydrogen) atoms. The number of hydrogen-bond acceptors (Lipinski definition) is 7. The van der Waals surface area contributed by atoms with Gasteiger partial charge >= 0.3 is 11.9 Å². The molecule has 1 aliphatic heterocycles. The van der Waals surface area contributed by atoms with E-state index >= 15 is 0 Å². The number of guanidine groups is 1. The first-order valence-corrected chi connectivity index (χ1v) is 13.7. The van der Waals surface area contributed by atoms with Crippen molar-refractivity contribution >= 4 is 46.5 Å². The number of carbonyl (C=O) groups excluding carboxylic acids is 3. The summed E-state index contributed by atoms with van der Waals surface area (Å²) in [5, 5.41) is 24.7. The molecule has 11 N–H and O–H groups in total. The van der Waals surface area contributed by atoms with Gasteiger partial charge in [-0.3, -0.25) is 24.2 Å². The molecule has 0 spiro atoms. The number of nitrogens with two attached hydrogens (primary N) is 3. The van der Waals surface area contributed by atoms with Crippen LogP contribution in [0.15, 0.2) is 35.5 Å². The Morgan fingerprint density at radius 3 is 2.45 bits per heavy atom. The molecule has 3 rings (SSSR count). The summed E-state index contributed by atoms with van der Waals surface area (Å²) in [4.78, 5) is 71.1. The van der Waals surface area contributed by atoms with Crippen LogP contribution in [0, 0.1) is 0 Å². The minimum atomic E-state index is -1.18. The molecule has 0 saturated carbocycles. The number of likely N-dealkylation sites (tertiary alicyclic amines) is 1. The van der Waals surface area contributed by atoms with E-state index in [1.165, 1.54) is 4.90 Å². The third kappa shape index (κ3) is 8.67. The van der Waals surface area contributed by atoms with E-state index in [4.69, 9.17) is 22.3 Å². The number of carbonyl (C=O) groups is 5. The number of rotatable bonds is 15. The van der Waals surface area contributed by atoms with Crippen molar-refractivity contribution in [2.75, 3.05) is 13.1 Å². The van der Waals surface area contributed by atoms with E-state index in [0.717, 1.165) is 16.5 Å². The molecular weight excluding hydrogens is 548 g/mol. The highest BCUT2D eigenvalue weighted by Crippen LogP contribution is 2.23. The number of aliphatic imine (C=N–C) groups is 1. The first-order valence-electron chi connectivity index (χ1n) is 13.7. The summed E-state index contributed by atoms with van der Waals surface area (Å²) in [6.45, 7) is 0.395. The molecule has 1 aliphatic rings. The minimum absolute atomic E-state index is 0.0597. The second-order valence-electron chi connectivity index (χ2n) is 10.2. The van der Waals surface area contributed by atoms with Gasteiger partial charge in [0, 0.05) is 43.0 Å². The van der Waals surface area contributed by atoms with Crippen LogP contribution in [0.2, 0.25) is 0 Å². The molecule has 3 amide bonds. The number of nitrogens with zero attached hydrogens (tertiary/aromatic N) is 2. The average molecular weight is 587 g/mol. The van der Waals surface area contributed by atoms with Crippen LogP contribution in [-0.4, -0.2) is 93.0 Å². The SMILES string of the molecule is NC(N)=NCCCC(NC(=O)C(N)CCC(=O)O)C(=O)NC(Cc1c[nH]c2ccccc12)C(=O)N1CCCC1C(=O)O. The Hall–Kier alpha value is -4.66. The fourth-order valence-corrected chi connectivity index (χ4v) is 4.94. The van der Waals surface area contributed by atoms with Gasteiger partial charge in [0.1, 0.15) is 18.1 Å². The maximum Gasteiger partial charge on any atom is 0.326 e. The second kappa shape index (κ2) is 14.8. The van der Waals surface area contributed by atoms with Crippen LogP contribution >= 0.6 is 0 Å². The topological polar surface area (TPSA) is 259 Å². The van der Waals surface area contributed by atoms with Gasteiger partial charge in [0.25, 0.3) is 0 Å². The molecule has 15 heteroatoms. The molecule has 4 unspecified atom stereocenters. The van der Waals surface area contributed by atoms with Gasteiger partial charge in [0.15, 0.2) is 5.96 Å². The summed E-state index contributed by atoms with van der Waals surface area (Å²) in [5.41, 5.74) is 18.2. The maximum absolute atomic E-state index is 13.7. The van der Waals surface area contributed by atoms with Crippen molar-refractivity contribution in [1.29, 1.82) is 0 Å². The quantitative estimate of drug-likeness (QED) is 0.0717. The highest BCUT2D eigenvalue weighted by molar-refractivity contribution is 5.95. The number of nitrogens with one attached hydrogen (secondary N) is 3. The first-order chi connectivity index (χ1) is 20.0. The van der Waals surface area contributed by atoms with Gasteiger partial charge in [-0.05, 0) is 43.7 Å². The summed E-state index contributed by atoms with van der Waals surface area (Å²) in [7, 11) is 0. The van der Waals surface area contributed by atoms with Crippen molar-refractivity contribution in [1.82, 2.24) is 20.5 Å². The lowest BCUT2D eigenvalue weighted by Gasteiger charge is -2.29. The maximum atomic E-state index is 13.7. The molecular formula is C27H38N8O7. The van der Waals surface area contributed by atoms with E-state index in [9.17, 15) is 29.1 Å². The number of aliphatic carboxylic acids is 2. The van der Waals surface area contributed by atoms with Crippen molar-refractivity contribution < 1.29 is 34.2 Å². The van der Waals surface area contributed by atoms with Gasteiger partial charge in [-0.1, -0.05) is 18.2 Å². The molecule has 0 aliphatic carbocycles. The molecule has 228 valence electrons. The van der Waals surface area contributed by atoms with Crippen molar-refractivity contribution in [2.45, 2.75) is 69.1 Å². The number of hydrogen-bond donors (Lipinski definition) is 8. The number of aromatic amines is 1. The smallest absolute Gasteiger partial charge is 0.326 e. The molecule has 2 heterocycles. The summed E-state index contributed by atoms with van der Waals surface area (Å²) in [6.07, 6.45) is 2.48. The number of aromatic nitrogens is 1. The number of H-pyrrole nitrogens is 1. The molecule has 0 bridgehead atoms. The van der Waals surface area contributed by atoms with Crippen LogP contribution in [0.3, 0.4) is 0 Å². The van der Waals surface area contributed by atoms with Crippen LogP contribution in [0.1, 0.15) is 44.1 Å². The summed E-state index contributed by atoms with van der Waals surface area (Å²) in [5.74, 6) is -4.37. The van der Waals surface area contributed by atoms with E-state index in [0.29, 0.717) is 12.8 Å². The summed E-state index contributed by atoms with van der Waals surface area (Å²) >= 11 is 0. The van der Waals surface area contributed by atoms with Gasteiger partial charge in [-0.25, -0.2) is 4.79 Å². The highest BCUT2D eigenvalue weighted by atomic mass is 16.4. The van der Waals surface area contributed by atoms with Crippen molar-refractivity contribution in [3.8, 4) is 0 Å². The number of amides is 3. The number of benzene rings is 1. The number of fused-ring (bicyclic) bond motifs is 1. The zero-order chi connectivity index (χ0) is 30.8. The van der Waals surface area contributed by atoms with Crippen LogP contribution in [0.25, 0.3) is 10.9 Å². The fourth-order valence-electron chi connectivity index (χ4n) is 4.94. The van der Waals surface area contributed by atoms with Crippen LogP contribution in [0.4, 0.5) is 0 Å². The lowest BCUT2D eigenvalue weighted by molar-refractivity contribution is -0.149. The molecule has 1 aromatic carbocycles. The lowest BCUT2D eigenvalue weighted by atomic mass is 10.0. The van der Waals surface area contributed by atoms with Gasteiger partial charge in [-0.15, -0.1) is 0 Å². The number of carboxylic acids is 2. The molecule has 2 aromatic rings. The average Bonchev–Trinajstić information content (AvgIpc) is 3.60. The molecule has 1 fully saturated rings. The predicted molar refractivity (Wildman–Crippen MR) is 153 cm³/mol. The largest absolute Gasteiger partial charge is 0.481 e. The Bertz CT molecular complexity index is 1320. The minimum Gasteiger partial charge on any atom is -0.481 e. The molecule has 4 atom stereocenters. The Morgan fingerprint density at radius 1 is 1.05 bits per heavy atom. The second-order valence-corrected chi connectivity index (χ2v) is 10.2. The van der Waals surface area contributed by atoms with E-state index in [-0.39, 0.29) is 51.2 Å². The van der Waals surface area contributed by atoms with Crippen molar-refractivity contribution in [3.05, 3.63) is 36.0 Å². The number of para-hydroxylation sites is 1. The van der Waals surface area contributed by atoms with Crippen LogP contribution in [-0.2, 0) is 30.4 Å². The van der Waals surface area contributed by atoms with E-state index in [1.54, 1.807) is 6.20 Å². The standard InChI is InChI=1S/C27H38N8O7/c28-17(9-10-22(36)37)23(38)33-19(7-3-11-31-27(29)30)24(39)34-20(25(40)35-12-4-8-21(35)26(41)42)13-15-14-32-18-6-2-1-5-16(15)18/h1-2,5-6,14,17,19-21,32H,3-4,7-13,28H2,(H,33,38)(H,34,39)(H,36,37)(H,41,42)(H4,29,30,31). The van der Waals surface area contributed by atoms with Gasteiger partial charge < -0.3 is 47.9 Å². The van der Waals surface area contributed by atoms with E-state index in [2.05, 4.69) is 20.6 Å². The third-order valence-corrected chi connectivity index (χ3v) is 7.12. The molecule has 0 radical (unpaired) electrons. The fraction of sp³-hybridized carbons (Fsp3) is 0.481. The highest BCUT2D eigenvalue weighted by Gasteiger charge is 2.38. The van der Waals surface area contributed by atoms with Crippen molar-refractivity contribution in [2.24, 2.45) is 22.2 Å². The Kier molecular flexibility index (Phi) is 11.2. The Labute approximate surface area is 241 Å². The predicted octanol–water partition coefficient (Wildman–Crippen LogP) is -0.999. The van der Waals surface area contributed by atoms with E-state index < -0.39 is 53.8 Å². The molecule has 15 nitrogen and oxygen atoms in total. The van der Waals surface area contributed by atoms with Crippen LogP contribution < -0.4 is 27.8 Å². The van der Waals surface area contributed by atoms with Gasteiger partial charge in [0.05, 0.1) is 6.04 Å². The lowest BCUT2D eigenvalue weighted by Crippen LogP contribution is -2.57.